The van der Waals surface area contributed by atoms with Gasteiger partial charge in [0.1, 0.15) is 0 Å². The number of ether oxygens (including phenoxy) is 1. The highest BCUT2D eigenvalue weighted by Gasteiger charge is 2.16. The van der Waals surface area contributed by atoms with Crippen LogP contribution in [-0.4, -0.2) is 25.3 Å². The molecule has 1 saturated heterocycles. The van der Waals surface area contributed by atoms with Gasteiger partial charge < -0.3 is 10.1 Å². The van der Waals surface area contributed by atoms with Gasteiger partial charge in [-0.1, -0.05) is 30.7 Å². The van der Waals surface area contributed by atoms with Gasteiger partial charge in [-0.2, -0.15) is 0 Å². The molecular weight excluding hydrogens is 258 g/mol. The van der Waals surface area contributed by atoms with Crippen molar-refractivity contribution in [1.29, 1.82) is 0 Å². The highest BCUT2D eigenvalue weighted by molar-refractivity contribution is 5.31. The van der Waals surface area contributed by atoms with E-state index in [1.807, 2.05) is 0 Å². The van der Waals surface area contributed by atoms with Gasteiger partial charge in [0.25, 0.3) is 0 Å². The fraction of sp³-hybridized carbons (Fsp3) is 0.684. The third-order valence-corrected chi connectivity index (χ3v) is 4.57. The summed E-state index contributed by atoms with van der Waals surface area (Å²) in [6.45, 7) is 8.64. The Morgan fingerprint density at radius 3 is 2.90 bits per heavy atom. The Morgan fingerprint density at radius 1 is 1.33 bits per heavy atom. The van der Waals surface area contributed by atoms with E-state index in [4.69, 9.17) is 4.74 Å². The minimum atomic E-state index is 0.535. The zero-order valence-electron chi connectivity index (χ0n) is 14.0. The van der Waals surface area contributed by atoms with E-state index < -0.39 is 0 Å². The van der Waals surface area contributed by atoms with Gasteiger partial charge >= 0.3 is 0 Å². The summed E-state index contributed by atoms with van der Waals surface area (Å²) in [6, 6.07) is 7.40. The Morgan fingerprint density at radius 2 is 2.19 bits per heavy atom. The van der Waals surface area contributed by atoms with Gasteiger partial charge in [0.15, 0.2) is 0 Å². The Balaban J connectivity index is 1.84. The van der Waals surface area contributed by atoms with Crippen molar-refractivity contribution in [2.24, 2.45) is 0 Å². The SMILES string of the molecule is CCNC(CCCC1CCCO1)Cc1cc(C)ccc1C. The normalized spacial score (nSPS) is 19.9. The average molecular weight is 289 g/mol. The third kappa shape index (κ3) is 5.44. The van der Waals surface area contributed by atoms with Crippen molar-refractivity contribution in [1.82, 2.24) is 5.32 Å². The van der Waals surface area contributed by atoms with Gasteiger partial charge in [0.2, 0.25) is 0 Å². The molecule has 2 heteroatoms. The molecule has 0 aliphatic carbocycles. The molecule has 118 valence electrons. The van der Waals surface area contributed by atoms with Gasteiger partial charge in [-0.25, -0.2) is 0 Å². The lowest BCUT2D eigenvalue weighted by atomic mass is 9.95. The van der Waals surface area contributed by atoms with Gasteiger partial charge in [-0.05, 0) is 70.0 Å². The maximum Gasteiger partial charge on any atom is 0.0576 e. The monoisotopic (exact) mass is 289 g/mol. The van der Waals surface area contributed by atoms with Crippen LogP contribution >= 0.6 is 0 Å². The fourth-order valence-corrected chi connectivity index (χ4v) is 3.31. The predicted octanol–water partition coefficient (Wildman–Crippen LogP) is 4.17. The summed E-state index contributed by atoms with van der Waals surface area (Å²) in [5, 5.41) is 3.66. The van der Waals surface area contributed by atoms with Gasteiger partial charge in [-0.15, -0.1) is 0 Å². The Bertz CT molecular complexity index is 424. The summed E-state index contributed by atoms with van der Waals surface area (Å²) in [4.78, 5) is 0. The summed E-state index contributed by atoms with van der Waals surface area (Å²) in [7, 11) is 0. The van der Waals surface area contributed by atoms with Crippen LogP contribution in [0.1, 0.15) is 55.7 Å². The second-order valence-corrected chi connectivity index (χ2v) is 6.45. The van der Waals surface area contributed by atoms with Crippen LogP contribution in [0.4, 0.5) is 0 Å². The molecule has 1 N–H and O–H groups in total. The summed E-state index contributed by atoms with van der Waals surface area (Å²) >= 11 is 0. The number of aryl methyl sites for hydroxylation is 2. The largest absolute Gasteiger partial charge is 0.378 e. The van der Waals surface area contributed by atoms with Gasteiger partial charge in [-0.3, -0.25) is 0 Å². The first-order chi connectivity index (χ1) is 10.2. The van der Waals surface area contributed by atoms with Crippen LogP contribution < -0.4 is 5.32 Å². The van der Waals surface area contributed by atoms with Gasteiger partial charge in [0, 0.05) is 12.6 Å². The summed E-state index contributed by atoms with van der Waals surface area (Å²) < 4.78 is 5.73. The zero-order chi connectivity index (χ0) is 15.1. The fourth-order valence-electron chi connectivity index (χ4n) is 3.31. The van der Waals surface area contributed by atoms with Crippen molar-refractivity contribution in [2.45, 2.75) is 71.4 Å². The lowest BCUT2D eigenvalue weighted by Crippen LogP contribution is -2.31. The molecule has 0 radical (unpaired) electrons. The molecule has 1 heterocycles. The van der Waals surface area contributed by atoms with E-state index in [-0.39, 0.29) is 0 Å². The minimum Gasteiger partial charge on any atom is -0.378 e. The van der Waals surface area contributed by atoms with E-state index >= 15 is 0 Å². The van der Waals surface area contributed by atoms with Crippen LogP contribution in [-0.2, 0) is 11.2 Å². The van der Waals surface area contributed by atoms with Crippen molar-refractivity contribution in [2.75, 3.05) is 13.2 Å². The second-order valence-electron chi connectivity index (χ2n) is 6.45. The highest BCUT2D eigenvalue weighted by Crippen LogP contribution is 2.20. The molecule has 1 aromatic rings. The lowest BCUT2D eigenvalue weighted by molar-refractivity contribution is 0.101. The van der Waals surface area contributed by atoms with Crippen LogP contribution in [0.25, 0.3) is 0 Å². The molecule has 0 amide bonds. The van der Waals surface area contributed by atoms with Crippen LogP contribution in [0.3, 0.4) is 0 Å². The Kier molecular flexibility index (Phi) is 6.72. The first-order valence-corrected chi connectivity index (χ1v) is 8.60. The van der Waals surface area contributed by atoms with E-state index in [1.165, 1.54) is 48.8 Å². The van der Waals surface area contributed by atoms with Crippen molar-refractivity contribution < 1.29 is 4.74 Å². The van der Waals surface area contributed by atoms with E-state index in [1.54, 1.807) is 0 Å². The number of hydrogen-bond acceptors (Lipinski definition) is 2. The van der Waals surface area contributed by atoms with E-state index in [0.29, 0.717) is 12.1 Å². The van der Waals surface area contributed by atoms with Crippen LogP contribution in [0.2, 0.25) is 0 Å². The number of nitrogens with one attached hydrogen (secondary N) is 1. The molecule has 21 heavy (non-hydrogen) atoms. The maximum absolute atomic E-state index is 5.73. The second kappa shape index (κ2) is 8.55. The third-order valence-electron chi connectivity index (χ3n) is 4.57. The first-order valence-electron chi connectivity index (χ1n) is 8.60. The summed E-state index contributed by atoms with van der Waals surface area (Å²) in [5.41, 5.74) is 4.28. The number of benzene rings is 1. The number of likely N-dealkylation sites (N-methyl/N-ethyl adjacent to an activating group) is 1. The van der Waals surface area contributed by atoms with E-state index in [2.05, 4.69) is 44.3 Å². The molecule has 0 spiro atoms. The number of rotatable bonds is 8. The minimum absolute atomic E-state index is 0.535. The molecule has 2 nitrogen and oxygen atoms in total. The van der Waals surface area contributed by atoms with Crippen molar-refractivity contribution in [3.63, 3.8) is 0 Å². The zero-order valence-corrected chi connectivity index (χ0v) is 14.0. The van der Waals surface area contributed by atoms with Crippen molar-refractivity contribution >= 4 is 0 Å². The highest BCUT2D eigenvalue weighted by atomic mass is 16.5. The lowest BCUT2D eigenvalue weighted by Gasteiger charge is -2.20. The molecule has 0 bridgehead atoms. The first kappa shape index (κ1) is 16.5. The smallest absolute Gasteiger partial charge is 0.0576 e. The molecule has 2 unspecified atom stereocenters. The Hall–Kier alpha value is -0.860. The van der Waals surface area contributed by atoms with E-state index in [9.17, 15) is 0 Å². The molecule has 1 fully saturated rings. The molecule has 0 aromatic heterocycles. The molecule has 2 rings (SSSR count). The molecule has 2 atom stereocenters. The standard InChI is InChI=1S/C19H31NO/c1-4-20-18(7-5-8-19-9-6-12-21-19)14-17-13-15(2)10-11-16(17)3/h10-11,13,18-20H,4-9,12,14H2,1-3H3. The Labute approximate surface area is 130 Å². The maximum atomic E-state index is 5.73. The summed E-state index contributed by atoms with van der Waals surface area (Å²) in [6.07, 6.45) is 7.95. The van der Waals surface area contributed by atoms with E-state index in [0.717, 1.165) is 19.6 Å². The molecule has 0 saturated carbocycles. The predicted molar refractivity (Wildman–Crippen MR) is 89.9 cm³/mol. The van der Waals surface area contributed by atoms with Gasteiger partial charge in [0.05, 0.1) is 6.10 Å². The van der Waals surface area contributed by atoms with Crippen molar-refractivity contribution in [3.05, 3.63) is 34.9 Å². The quantitative estimate of drug-likeness (QED) is 0.775. The van der Waals surface area contributed by atoms with Crippen LogP contribution in [0.5, 0.6) is 0 Å². The molecule has 1 aromatic carbocycles. The average Bonchev–Trinajstić information content (AvgIpc) is 2.96. The molecule has 1 aliphatic rings. The number of hydrogen-bond donors (Lipinski definition) is 1. The summed E-state index contributed by atoms with van der Waals surface area (Å²) in [5.74, 6) is 0. The topological polar surface area (TPSA) is 21.3 Å². The van der Waals surface area contributed by atoms with Crippen LogP contribution in [0.15, 0.2) is 18.2 Å². The van der Waals surface area contributed by atoms with Crippen LogP contribution in [0, 0.1) is 13.8 Å². The van der Waals surface area contributed by atoms with Crippen molar-refractivity contribution in [3.8, 4) is 0 Å². The molecule has 1 aliphatic heterocycles. The molecular formula is C19H31NO.